The molecule has 0 spiro atoms. The van der Waals surface area contributed by atoms with Gasteiger partial charge in [0.2, 0.25) is 0 Å². The molecule has 186 valence electrons. The molecule has 0 aliphatic heterocycles. The molecule has 0 heterocycles. The molecule has 0 amide bonds. The van der Waals surface area contributed by atoms with Crippen LogP contribution in [0.25, 0.3) is 0 Å². The van der Waals surface area contributed by atoms with E-state index in [1.807, 2.05) is 12.1 Å². The van der Waals surface area contributed by atoms with E-state index in [1.54, 1.807) is 62.4 Å². The zero-order chi connectivity index (χ0) is 25.5. The van der Waals surface area contributed by atoms with Gasteiger partial charge in [-0.1, -0.05) is 36.4 Å². The van der Waals surface area contributed by atoms with Crippen molar-refractivity contribution in [2.45, 2.75) is 77.5 Å². The molecule has 8 heteroatoms. The highest BCUT2D eigenvalue weighted by Gasteiger charge is 2.41. The fourth-order valence-corrected chi connectivity index (χ4v) is 5.72. The topological polar surface area (TPSA) is 71.1 Å². The van der Waals surface area contributed by atoms with Gasteiger partial charge in [0, 0.05) is 0 Å². The number of hydrogen-bond donors (Lipinski definition) is 0. The van der Waals surface area contributed by atoms with Gasteiger partial charge in [-0.2, -0.15) is 0 Å². The second-order valence-corrected chi connectivity index (χ2v) is 19.3. The van der Waals surface area contributed by atoms with E-state index >= 15 is 0 Å². The van der Waals surface area contributed by atoms with Crippen molar-refractivity contribution in [1.82, 2.24) is 0 Å². The summed E-state index contributed by atoms with van der Waals surface area (Å²) in [4.78, 5) is 25.6. The summed E-state index contributed by atoms with van der Waals surface area (Å²) in [5.41, 5.74) is 0.930. The lowest BCUT2D eigenvalue weighted by atomic mass is 10.0. The molecule has 6 nitrogen and oxygen atoms in total. The third kappa shape index (κ3) is 9.17. The summed E-state index contributed by atoms with van der Waals surface area (Å²) in [6.07, 6.45) is -2.47. The van der Waals surface area contributed by atoms with Crippen LogP contribution in [0, 0.1) is 0 Å². The zero-order valence-corrected chi connectivity index (χ0v) is 23.5. The molecule has 0 aliphatic carbocycles. The summed E-state index contributed by atoms with van der Waals surface area (Å²) in [6.45, 7) is 16.0. The van der Waals surface area contributed by atoms with Crippen LogP contribution in [0.5, 0.6) is 0 Å². The van der Waals surface area contributed by atoms with Gasteiger partial charge in [-0.15, -0.1) is 0 Å². The molecule has 0 N–H and O–H groups in total. The Labute approximate surface area is 205 Å². The first-order chi connectivity index (χ1) is 15.8. The van der Waals surface area contributed by atoms with Gasteiger partial charge in [-0.05, 0) is 77.4 Å². The van der Waals surface area contributed by atoms with Crippen LogP contribution in [-0.4, -0.2) is 53.0 Å². The third-order valence-corrected chi connectivity index (χ3v) is 6.79. The minimum absolute atomic E-state index is 0.432. The Kier molecular flexibility index (Phi) is 9.81. The molecule has 0 saturated carbocycles. The van der Waals surface area contributed by atoms with Crippen molar-refractivity contribution >= 4 is 28.6 Å². The van der Waals surface area contributed by atoms with E-state index in [4.69, 9.17) is 18.3 Å². The van der Waals surface area contributed by atoms with Crippen molar-refractivity contribution < 1.29 is 27.9 Å². The molecular formula is C26H38O6Si2. The van der Waals surface area contributed by atoms with Crippen molar-refractivity contribution in [2.75, 3.05) is 0 Å². The third-order valence-electron chi connectivity index (χ3n) is 4.83. The van der Waals surface area contributed by atoms with E-state index in [9.17, 15) is 9.59 Å². The van der Waals surface area contributed by atoms with Gasteiger partial charge in [0.05, 0.1) is 11.1 Å². The van der Waals surface area contributed by atoms with Crippen molar-refractivity contribution in [1.29, 1.82) is 0 Å². The van der Waals surface area contributed by atoms with Crippen LogP contribution in [-0.2, 0) is 18.3 Å². The molecular weight excluding hydrogens is 464 g/mol. The largest absolute Gasteiger partial charge is 0.456 e. The van der Waals surface area contributed by atoms with Crippen LogP contribution in [0.3, 0.4) is 0 Å². The van der Waals surface area contributed by atoms with Crippen LogP contribution in [0.15, 0.2) is 60.7 Å². The Morgan fingerprint density at radius 2 is 0.882 bits per heavy atom. The van der Waals surface area contributed by atoms with Gasteiger partial charge in [-0.25, -0.2) is 9.59 Å². The Morgan fingerprint density at radius 1 is 0.588 bits per heavy atom. The highest BCUT2D eigenvalue weighted by molar-refractivity contribution is 6.70. The van der Waals surface area contributed by atoms with Crippen LogP contribution in [0.1, 0.15) is 34.6 Å². The molecule has 2 rings (SSSR count). The molecule has 2 aromatic carbocycles. The first-order valence-corrected chi connectivity index (χ1v) is 18.5. The van der Waals surface area contributed by atoms with E-state index in [1.165, 1.54) is 0 Å². The zero-order valence-electron chi connectivity index (χ0n) is 21.5. The van der Waals surface area contributed by atoms with Crippen molar-refractivity contribution in [2.24, 2.45) is 0 Å². The SMILES string of the molecule is C[C@@H](OC(=O)c1ccccc1)[C@@H](O[Si](C)(C)C)[C@H](O[Si](C)(C)C)[C@@H](C)OC(=O)c1ccccc1. The highest BCUT2D eigenvalue weighted by Crippen LogP contribution is 2.26. The van der Waals surface area contributed by atoms with Crippen LogP contribution >= 0.6 is 0 Å². The average Bonchev–Trinajstić information content (AvgIpc) is 2.75. The van der Waals surface area contributed by atoms with Crippen LogP contribution < -0.4 is 0 Å². The fraction of sp³-hybridized carbons (Fsp3) is 0.462. The quantitative estimate of drug-likeness (QED) is 0.281. The molecule has 34 heavy (non-hydrogen) atoms. The van der Waals surface area contributed by atoms with E-state index in [-0.39, 0.29) is 0 Å². The molecule has 0 aliphatic rings. The van der Waals surface area contributed by atoms with Crippen molar-refractivity contribution in [3.8, 4) is 0 Å². The maximum atomic E-state index is 12.8. The number of benzene rings is 2. The number of carbonyl (C=O) groups excluding carboxylic acids is 2. The monoisotopic (exact) mass is 502 g/mol. The fourth-order valence-electron chi connectivity index (χ4n) is 3.43. The smallest absolute Gasteiger partial charge is 0.338 e. The standard InChI is InChI=1S/C26H38O6Si2/c1-19(29-25(27)21-15-11-9-12-16-21)23(31-33(3,4)5)24(32-34(6,7)8)20(2)30-26(28)22-17-13-10-14-18-22/h9-20,23-24H,1-8H3/t19-,20-,23-,24-/m1/s1. The Hall–Kier alpha value is -2.27. The maximum Gasteiger partial charge on any atom is 0.338 e. The summed E-state index contributed by atoms with van der Waals surface area (Å²) < 4.78 is 24.7. The first kappa shape index (κ1) is 28.0. The molecule has 4 atom stereocenters. The predicted molar refractivity (Wildman–Crippen MR) is 139 cm³/mol. The number of carbonyl (C=O) groups is 2. The normalized spacial score (nSPS) is 15.6. The number of rotatable bonds is 11. The first-order valence-electron chi connectivity index (χ1n) is 11.6. The maximum absolute atomic E-state index is 12.8. The second kappa shape index (κ2) is 11.9. The van der Waals surface area contributed by atoms with E-state index in [0.29, 0.717) is 11.1 Å². The van der Waals surface area contributed by atoms with Gasteiger partial charge >= 0.3 is 11.9 Å². The molecule has 0 unspecified atom stereocenters. The lowest BCUT2D eigenvalue weighted by Gasteiger charge is -2.40. The van der Waals surface area contributed by atoms with Crippen molar-refractivity contribution in [3.63, 3.8) is 0 Å². The summed E-state index contributed by atoms with van der Waals surface area (Å²) in [5, 5.41) is 0. The van der Waals surface area contributed by atoms with Gasteiger partial charge in [0.1, 0.15) is 24.4 Å². The predicted octanol–water partition coefficient (Wildman–Crippen LogP) is 5.92. The lowest BCUT2D eigenvalue weighted by Crippen LogP contribution is -2.55. The Bertz CT molecular complexity index is 844. The molecule has 0 saturated heterocycles. The van der Waals surface area contributed by atoms with E-state index in [2.05, 4.69) is 39.3 Å². The second-order valence-electron chi connectivity index (χ2n) is 10.3. The number of ether oxygens (including phenoxy) is 2. The highest BCUT2D eigenvalue weighted by atomic mass is 28.4. The summed E-state index contributed by atoms with van der Waals surface area (Å²) in [6, 6.07) is 17.7. The van der Waals surface area contributed by atoms with Gasteiger partial charge in [-0.3, -0.25) is 0 Å². The summed E-state index contributed by atoms with van der Waals surface area (Å²) >= 11 is 0. The van der Waals surface area contributed by atoms with Gasteiger partial charge in [0.15, 0.2) is 16.6 Å². The molecule has 0 aromatic heterocycles. The van der Waals surface area contributed by atoms with Crippen molar-refractivity contribution in [3.05, 3.63) is 71.8 Å². The van der Waals surface area contributed by atoms with Gasteiger partial charge in [0.25, 0.3) is 0 Å². The van der Waals surface area contributed by atoms with Gasteiger partial charge < -0.3 is 18.3 Å². The summed E-state index contributed by atoms with van der Waals surface area (Å²) in [7, 11) is -4.20. The number of hydrogen-bond acceptors (Lipinski definition) is 6. The van der Waals surface area contributed by atoms with Crippen LogP contribution in [0.4, 0.5) is 0 Å². The Morgan fingerprint density at radius 3 is 1.15 bits per heavy atom. The van der Waals surface area contributed by atoms with Crippen LogP contribution in [0.2, 0.25) is 39.3 Å². The molecule has 2 aromatic rings. The average molecular weight is 503 g/mol. The molecule has 0 fully saturated rings. The van der Waals surface area contributed by atoms with E-state index in [0.717, 1.165) is 0 Å². The lowest BCUT2D eigenvalue weighted by molar-refractivity contribution is -0.0892. The van der Waals surface area contributed by atoms with E-state index < -0.39 is 53.0 Å². The molecule has 0 bridgehead atoms. The number of esters is 2. The minimum atomic E-state index is -2.10. The summed E-state index contributed by atoms with van der Waals surface area (Å²) in [5.74, 6) is -0.865. The minimum Gasteiger partial charge on any atom is -0.456 e. The Balaban J connectivity index is 2.32. The molecule has 0 radical (unpaired) electrons.